The van der Waals surface area contributed by atoms with Gasteiger partial charge in [0.05, 0.1) is 0 Å². The lowest BCUT2D eigenvalue weighted by Gasteiger charge is -2.37. The molecule has 6 rings (SSSR count). The van der Waals surface area contributed by atoms with E-state index in [0.717, 1.165) is 43.9 Å². The molecule has 0 amide bonds. The summed E-state index contributed by atoms with van der Waals surface area (Å²) in [4.78, 5) is 2.47. The van der Waals surface area contributed by atoms with Crippen LogP contribution in [0.15, 0.2) is 114 Å². The first-order valence-electron chi connectivity index (χ1n) is 15.2. The molecule has 2 heteroatoms. The Kier molecular flexibility index (Phi) is 8.26. The van der Waals surface area contributed by atoms with Crippen molar-refractivity contribution in [2.75, 3.05) is 4.90 Å². The Morgan fingerprint density at radius 2 is 1.61 bits per heavy atom. The van der Waals surface area contributed by atoms with Crippen molar-refractivity contribution < 1.29 is 0 Å². The Balaban J connectivity index is 1.06. The first kappa shape index (κ1) is 25.4. The van der Waals surface area contributed by atoms with Crippen molar-refractivity contribution in [1.82, 2.24) is 5.32 Å². The van der Waals surface area contributed by atoms with Gasteiger partial charge in [-0.15, -0.1) is 0 Å². The third-order valence-corrected chi connectivity index (χ3v) is 9.40. The van der Waals surface area contributed by atoms with Crippen LogP contribution in [-0.2, 0) is 0 Å². The van der Waals surface area contributed by atoms with Crippen LogP contribution in [0.25, 0.3) is 0 Å². The van der Waals surface area contributed by atoms with E-state index in [1.807, 2.05) is 0 Å². The first-order valence-corrected chi connectivity index (χ1v) is 15.2. The average Bonchev–Trinajstić information content (AvgIpc) is 3.00. The van der Waals surface area contributed by atoms with Crippen LogP contribution in [0.3, 0.4) is 0 Å². The van der Waals surface area contributed by atoms with Gasteiger partial charge in [-0.2, -0.15) is 0 Å². The minimum atomic E-state index is 0.552. The Bertz CT molecular complexity index is 1170. The number of nitrogens with zero attached hydrogens (tertiary/aromatic N) is 1. The Morgan fingerprint density at radius 1 is 0.711 bits per heavy atom. The second-order valence-electron chi connectivity index (χ2n) is 11.8. The summed E-state index contributed by atoms with van der Waals surface area (Å²) in [6.45, 7) is 0. The van der Waals surface area contributed by atoms with Gasteiger partial charge in [-0.3, -0.25) is 0 Å². The van der Waals surface area contributed by atoms with Crippen molar-refractivity contribution in [2.24, 2.45) is 11.8 Å². The zero-order chi connectivity index (χ0) is 25.6. The highest BCUT2D eigenvalue weighted by Crippen LogP contribution is 2.41. The second kappa shape index (κ2) is 12.3. The monoisotopic (exact) mass is 504 g/mol. The van der Waals surface area contributed by atoms with Crippen molar-refractivity contribution in [3.8, 4) is 0 Å². The van der Waals surface area contributed by atoms with Gasteiger partial charge in [0.15, 0.2) is 0 Å². The molecule has 0 heterocycles. The fraction of sp³-hybridized carbons (Fsp3) is 0.444. The number of benzene rings is 1. The number of allylic oxidation sites excluding steroid dienone is 11. The molecular weight excluding hydrogens is 460 g/mol. The van der Waals surface area contributed by atoms with Gasteiger partial charge in [-0.1, -0.05) is 66.8 Å². The molecule has 1 fully saturated rings. The molecule has 198 valence electrons. The van der Waals surface area contributed by atoms with Crippen molar-refractivity contribution in [2.45, 2.75) is 89.1 Å². The third kappa shape index (κ3) is 6.07. The maximum atomic E-state index is 3.90. The van der Waals surface area contributed by atoms with E-state index < -0.39 is 0 Å². The van der Waals surface area contributed by atoms with Gasteiger partial charge < -0.3 is 10.2 Å². The van der Waals surface area contributed by atoms with E-state index in [4.69, 9.17) is 0 Å². The molecule has 2 atom stereocenters. The van der Waals surface area contributed by atoms with Crippen molar-refractivity contribution in [1.29, 1.82) is 0 Å². The summed E-state index contributed by atoms with van der Waals surface area (Å²) < 4.78 is 0. The Hall–Kier alpha value is -2.84. The SMILES string of the molecule is C1=CCC(NC2CCC(C3CC=C(C4=CC=C(N(C5=CCCC=C5)c5ccccc5)CC4)CC3)CC2)C=C1. The summed E-state index contributed by atoms with van der Waals surface area (Å²) in [7, 11) is 0. The first-order chi connectivity index (χ1) is 18.8. The van der Waals surface area contributed by atoms with E-state index in [9.17, 15) is 0 Å². The fourth-order valence-corrected chi connectivity index (χ4v) is 7.24. The highest BCUT2D eigenvalue weighted by Gasteiger charge is 2.30. The van der Waals surface area contributed by atoms with Crippen LogP contribution in [0.4, 0.5) is 5.69 Å². The molecule has 1 N–H and O–H groups in total. The van der Waals surface area contributed by atoms with Crippen LogP contribution in [-0.4, -0.2) is 12.1 Å². The van der Waals surface area contributed by atoms with Crippen LogP contribution >= 0.6 is 0 Å². The van der Waals surface area contributed by atoms with Crippen molar-refractivity contribution in [3.63, 3.8) is 0 Å². The molecule has 0 radical (unpaired) electrons. The molecule has 0 aliphatic heterocycles. The summed E-state index contributed by atoms with van der Waals surface area (Å²) in [5.74, 6) is 1.82. The van der Waals surface area contributed by atoms with Crippen molar-refractivity contribution >= 4 is 5.69 Å². The topological polar surface area (TPSA) is 15.3 Å². The summed E-state index contributed by atoms with van der Waals surface area (Å²) in [6, 6.07) is 12.2. The van der Waals surface area contributed by atoms with Crippen LogP contribution in [0.1, 0.15) is 77.0 Å². The molecule has 0 saturated heterocycles. The fourth-order valence-electron chi connectivity index (χ4n) is 7.24. The number of rotatable bonds is 7. The highest BCUT2D eigenvalue weighted by atomic mass is 15.2. The summed E-state index contributed by atoms with van der Waals surface area (Å²) in [6.07, 6.45) is 38.6. The van der Waals surface area contributed by atoms with E-state index >= 15 is 0 Å². The molecule has 2 nitrogen and oxygen atoms in total. The molecule has 0 aromatic heterocycles. The summed E-state index contributed by atoms with van der Waals surface area (Å²) in [5, 5.41) is 3.90. The number of anilines is 1. The normalized spacial score (nSPS) is 29.3. The molecule has 5 aliphatic carbocycles. The predicted molar refractivity (Wildman–Crippen MR) is 162 cm³/mol. The number of hydrogen-bond donors (Lipinski definition) is 1. The zero-order valence-electron chi connectivity index (χ0n) is 22.9. The molecule has 2 unspecified atom stereocenters. The number of nitrogens with one attached hydrogen (secondary N) is 1. The zero-order valence-corrected chi connectivity index (χ0v) is 22.9. The minimum absolute atomic E-state index is 0.552. The van der Waals surface area contributed by atoms with E-state index in [-0.39, 0.29) is 0 Å². The van der Waals surface area contributed by atoms with Crippen LogP contribution in [0.2, 0.25) is 0 Å². The van der Waals surface area contributed by atoms with Gasteiger partial charge in [0, 0.05) is 29.2 Å². The Morgan fingerprint density at radius 3 is 2.29 bits per heavy atom. The lowest BCUT2D eigenvalue weighted by atomic mass is 9.72. The lowest BCUT2D eigenvalue weighted by molar-refractivity contribution is 0.201. The molecule has 0 bridgehead atoms. The molecule has 1 aromatic rings. The summed E-state index contributed by atoms with van der Waals surface area (Å²) in [5.41, 5.74) is 7.22. The van der Waals surface area contributed by atoms with Crippen LogP contribution in [0.5, 0.6) is 0 Å². The largest absolute Gasteiger partial charge is 0.315 e. The van der Waals surface area contributed by atoms with Gasteiger partial charge in [0.25, 0.3) is 0 Å². The van der Waals surface area contributed by atoms with Gasteiger partial charge in [-0.05, 0) is 124 Å². The molecule has 1 aromatic carbocycles. The highest BCUT2D eigenvalue weighted by molar-refractivity contribution is 5.62. The lowest BCUT2D eigenvalue weighted by Crippen LogP contribution is -2.40. The van der Waals surface area contributed by atoms with Gasteiger partial charge in [0.2, 0.25) is 0 Å². The molecule has 38 heavy (non-hydrogen) atoms. The standard InChI is InChI=1S/C36H44N2/c1-4-10-32(11-5-1)37-33-24-20-30(21-25-33)28-16-18-29(19-17-28)31-22-26-36(27-23-31)38(34-12-6-2-7-13-34)35-14-8-3-9-15-35/h1-2,4-8,10,12-15,18,22,26,28,30,32-33,37H,3,9,11,16-17,19-21,23-25,27H2. The minimum Gasteiger partial charge on any atom is -0.315 e. The molecule has 1 saturated carbocycles. The van der Waals surface area contributed by atoms with E-state index in [1.165, 1.54) is 62.0 Å². The van der Waals surface area contributed by atoms with E-state index in [2.05, 4.69) is 101 Å². The maximum Gasteiger partial charge on any atom is 0.0458 e. The van der Waals surface area contributed by atoms with E-state index in [0.29, 0.717) is 12.1 Å². The maximum absolute atomic E-state index is 3.90. The molecule has 0 spiro atoms. The Labute approximate surface area is 230 Å². The van der Waals surface area contributed by atoms with Gasteiger partial charge >= 0.3 is 0 Å². The van der Waals surface area contributed by atoms with Gasteiger partial charge in [0.1, 0.15) is 0 Å². The average molecular weight is 505 g/mol. The third-order valence-electron chi connectivity index (χ3n) is 9.40. The van der Waals surface area contributed by atoms with Crippen LogP contribution in [0, 0.1) is 11.8 Å². The number of hydrogen-bond acceptors (Lipinski definition) is 2. The van der Waals surface area contributed by atoms with Crippen LogP contribution < -0.4 is 10.2 Å². The van der Waals surface area contributed by atoms with Gasteiger partial charge in [-0.25, -0.2) is 0 Å². The summed E-state index contributed by atoms with van der Waals surface area (Å²) >= 11 is 0. The van der Waals surface area contributed by atoms with Crippen molar-refractivity contribution in [3.05, 3.63) is 114 Å². The second-order valence-corrected chi connectivity index (χ2v) is 11.8. The molecule has 5 aliphatic rings. The predicted octanol–water partition coefficient (Wildman–Crippen LogP) is 9.09. The van der Waals surface area contributed by atoms with E-state index in [1.54, 1.807) is 11.1 Å². The quantitative estimate of drug-likeness (QED) is 0.398. The smallest absolute Gasteiger partial charge is 0.0458 e. The number of para-hydroxylation sites is 1. The molecular formula is C36H44N2.